The Morgan fingerprint density at radius 1 is 1.17 bits per heavy atom. The molecule has 24 heavy (non-hydrogen) atoms. The molecule has 0 aliphatic carbocycles. The SMILES string of the molecule is Cl.FC(F)(F)Oc1ccc(NCc2cnn(C(F)(F)F)c2)cc1Cl. The van der Waals surface area contributed by atoms with E-state index in [1.807, 2.05) is 0 Å². The number of ether oxygens (including phenoxy) is 1. The number of hydrogen-bond donors (Lipinski definition) is 1. The summed E-state index contributed by atoms with van der Waals surface area (Å²) in [5, 5.41) is 5.57. The minimum atomic E-state index is -4.87. The zero-order valence-electron chi connectivity index (χ0n) is 11.5. The van der Waals surface area contributed by atoms with Gasteiger partial charge in [0.05, 0.1) is 11.2 Å². The molecule has 0 aliphatic heterocycles. The summed E-state index contributed by atoms with van der Waals surface area (Å²) >= 11 is 5.65. The molecule has 2 aromatic rings. The summed E-state index contributed by atoms with van der Waals surface area (Å²) in [4.78, 5) is 0. The van der Waals surface area contributed by atoms with Crippen molar-refractivity contribution in [1.82, 2.24) is 9.78 Å². The van der Waals surface area contributed by atoms with Crippen LogP contribution in [0.3, 0.4) is 0 Å². The maximum atomic E-state index is 12.4. The Hall–Kier alpha value is -1.81. The van der Waals surface area contributed by atoms with Gasteiger partial charge in [-0.15, -0.1) is 38.7 Å². The van der Waals surface area contributed by atoms with E-state index in [0.717, 1.165) is 24.5 Å². The van der Waals surface area contributed by atoms with Crippen LogP contribution in [0.15, 0.2) is 30.6 Å². The molecule has 0 radical (unpaired) electrons. The van der Waals surface area contributed by atoms with Gasteiger partial charge in [-0.1, -0.05) is 11.6 Å². The number of hydrogen-bond acceptors (Lipinski definition) is 3. The van der Waals surface area contributed by atoms with Gasteiger partial charge >= 0.3 is 12.7 Å². The van der Waals surface area contributed by atoms with Crippen molar-refractivity contribution in [3.8, 4) is 5.75 Å². The molecule has 4 nitrogen and oxygen atoms in total. The number of halogens is 8. The first-order chi connectivity index (χ1) is 10.5. The highest BCUT2D eigenvalue weighted by Crippen LogP contribution is 2.32. The topological polar surface area (TPSA) is 39.1 Å². The summed E-state index contributed by atoms with van der Waals surface area (Å²) in [6.07, 6.45) is -7.68. The van der Waals surface area contributed by atoms with Crippen LogP contribution in [0.2, 0.25) is 5.02 Å². The van der Waals surface area contributed by atoms with E-state index in [-0.39, 0.29) is 34.2 Å². The zero-order valence-corrected chi connectivity index (χ0v) is 13.0. The predicted molar refractivity (Wildman–Crippen MR) is 76.2 cm³/mol. The first-order valence-electron chi connectivity index (χ1n) is 5.94. The first-order valence-corrected chi connectivity index (χ1v) is 6.32. The Labute approximate surface area is 142 Å². The van der Waals surface area contributed by atoms with Gasteiger partial charge in [0.1, 0.15) is 5.75 Å². The van der Waals surface area contributed by atoms with Crippen molar-refractivity contribution >= 4 is 29.7 Å². The van der Waals surface area contributed by atoms with E-state index < -0.39 is 18.4 Å². The Kier molecular flexibility index (Phi) is 6.23. The predicted octanol–water partition coefficient (Wildman–Crippen LogP) is 4.95. The molecule has 1 N–H and O–H groups in total. The van der Waals surface area contributed by atoms with Crippen LogP contribution in [0.4, 0.5) is 32.0 Å². The second-order valence-corrected chi connectivity index (χ2v) is 4.71. The van der Waals surface area contributed by atoms with E-state index in [2.05, 4.69) is 15.2 Å². The third-order valence-electron chi connectivity index (χ3n) is 2.55. The molecule has 2 rings (SSSR count). The molecule has 0 saturated carbocycles. The van der Waals surface area contributed by atoms with Crippen LogP contribution in [0.25, 0.3) is 0 Å². The van der Waals surface area contributed by atoms with Crippen LogP contribution in [0.5, 0.6) is 5.75 Å². The first kappa shape index (κ1) is 20.2. The molecule has 1 heterocycles. The second-order valence-electron chi connectivity index (χ2n) is 4.31. The smallest absolute Gasteiger partial charge is 0.404 e. The lowest BCUT2D eigenvalue weighted by Crippen LogP contribution is -2.17. The van der Waals surface area contributed by atoms with Gasteiger partial charge < -0.3 is 10.1 Å². The van der Waals surface area contributed by atoms with Gasteiger partial charge in [-0.05, 0) is 18.2 Å². The van der Waals surface area contributed by atoms with Crippen LogP contribution < -0.4 is 10.1 Å². The molecule has 1 aromatic carbocycles. The summed E-state index contributed by atoms with van der Waals surface area (Å²) in [7, 11) is 0. The van der Waals surface area contributed by atoms with Crippen LogP contribution in [-0.2, 0) is 12.8 Å². The fraction of sp³-hybridized carbons (Fsp3) is 0.250. The lowest BCUT2D eigenvalue weighted by Gasteiger charge is -2.12. The highest BCUT2D eigenvalue weighted by atomic mass is 35.5. The molecule has 0 bridgehead atoms. The number of alkyl halides is 6. The highest BCUT2D eigenvalue weighted by Gasteiger charge is 2.32. The van der Waals surface area contributed by atoms with E-state index in [1.54, 1.807) is 0 Å². The minimum absolute atomic E-state index is 0. The van der Waals surface area contributed by atoms with Crippen molar-refractivity contribution in [2.24, 2.45) is 0 Å². The molecule has 134 valence electrons. The van der Waals surface area contributed by atoms with Crippen LogP contribution in [0.1, 0.15) is 5.56 Å². The van der Waals surface area contributed by atoms with Crippen molar-refractivity contribution < 1.29 is 31.1 Å². The molecule has 0 atom stereocenters. The lowest BCUT2D eigenvalue weighted by atomic mass is 10.3. The third-order valence-corrected chi connectivity index (χ3v) is 2.85. The van der Waals surface area contributed by atoms with Gasteiger partial charge in [0, 0.05) is 24.0 Å². The van der Waals surface area contributed by atoms with E-state index in [9.17, 15) is 26.3 Å². The molecule has 0 amide bonds. The summed E-state index contributed by atoms with van der Waals surface area (Å²) < 4.78 is 76.9. The number of nitrogens with one attached hydrogen (secondary N) is 1. The third kappa shape index (κ3) is 5.68. The summed E-state index contributed by atoms with van der Waals surface area (Å²) in [5.74, 6) is -0.574. The summed E-state index contributed by atoms with van der Waals surface area (Å²) in [6.45, 7) is -0.0219. The quantitative estimate of drug-likeness (QED) is 0.744. The zero-order chi connectivity index (χ0) is 17.3. The molecule has 0 unspecified atom stereocenters. The van der Waals surface area contributed by atoms with Crippen molar-refractivity contribution in [2.75, 3.05) is 5.32 Å². The van der Waals surface area contributed by atoms with E-state index >= 15 is 0 Å². The highest BCUT2D eigenvalue weighted by molar-refractivity contribution is 6.32. The Morgan fingerprint density at radius 2 is 1.83 bits per heavy atom. The summed E-state index contributed by atoms with van der Waals surface area (Å²) in [6, 6.07) is 3.41. The molecule has 12 heteroatoms. The normalized spacial score (nSPS) is 11.8. The van der Waals surface area contributed by atoms with E-state index in [4.69, 9.17) is 11.6 Å². The van der Waals surface area contributed by atoms with Gasteiger partial charge in [0.25, 0.3) is 0 Å². The van der Waals surface area contributed by atoms with Crippen molar-refractivity contribution in [2.45, 2.75) is 19.2 Å². The number of anilines is 1. The molecule has 0 fully saturated rings. The number of nitrogens with zero attached hydrogens (tertiary/aromatic N) is 2. The second kappa shape index (κ2) is 7.39. The lowest BCUT2D eigenvalue weighted by molar-refractivity contribution is -0.274. The molecule has 0 aliphatic rings. The van der Waals surface area contributed by atoms with Gasteiger partial charge in [0.2, 0.25) is 0 Å². The Morgan fingerprint density at radius 3 is 2.33 bits per heavy atom. The molecule has 1 aromatic heterocycles. The summed E-state index contributed by atoms with van der Waals surface area (Å²) in [5.41, 5.74) is 0.540. The largest absolute Gasteiger partial charge is 0.573 e. The van der Waals surface area contributed by atoms with Gasteiger partial charge in [-0.2, -0.15) is 9.78 Å². The Balaban J connectivity index is 0.00000288. The average molecular weight is 396 g/mol. The fourth-order valence-corrected chi connectivity index (χ4v) is 1.83. The van der Waals surface area contributed by atoms with Crippen molar-refractivity contribution in [3.63, 3.8) is 0 Å². The van der Waals surface area contributed by atoms with Gasteiger partial charge in [-0.25, -0.2) is 0 Å². The maximum Gasteiger partial charge on any atom is 0.573 e. The number of aromatic nitrogens is 2. The molecular weight excluding hydrogens is 387 g/mol. The minimum Gasteiger partial charge on any atom is -0.404 e. The molecular formula is C12H9Cl2F6N3O. The van der Waals surface area contributed by atoms with Crippen molar-refractivity contribution in [1.29, 1.82) is 0 Å². The van der Waals surface area contributed by atoms with Gasteiger partial charge in [0.15, 0.2) is 0 Å². The van der Waals surface area contributed by atoms with Crippen LogP contribution in [0, 0.1) is 0 Å². The number of rotatable bonds is 4. The standard InChI is InChI=1S/C12H8ClF6N3O.ClH/c13-9-3-8(1-2-10(9)23-12(17,18)19)20-4-7-5-21-22(6-7)11(14,15)16;/h1-3,5-6,20H,4H2;1H. The van der Waals surface area contributed by atoms with Crippen LogP contribution in [-0.4, -0.2) is 16.1 Å². The van der Waals surface area contributed by atoms with E-state index in [0.29, 0.717) is 5.69 Å². The van der Waals surface area contributed by atoms with Crippen LogP contribution >= 0.6 is 24.0 Å². The van der Waals surface area contributed by atoms with Crippen molar-refractivity contribution in [3.05, 3.63) is 41.2 Å². The Bertz CT molecular complexity index is 686. The number of benzene rings is 1. The monoisotopic (exact) mass is 395 g/mol. The fourth-order valence-electron chi connectivity index (χ4n) is 1.61. The molecule has 0 spiro atoms. The van der Waals surface area contributed by atoms with Gasteiger partial charge in [-0.3, -0.25) is 0 Å². The molecule has 0 saturated heterocycles. The van der Waals surface area contributed by atoms with E-state index in [1.165, 1.54) is 6.07 Å². The average Bonchev–Trinajstić information content (AvgIpc) is 2.86. The maximum absolute atomic E-state index is 12.4.